The van der Waals surface area contributed by atoms with Crippen LogP contribution in [-0.2, 0) is 14.3 Å². The summed E-state index contributed by atoms with van der Waals surface area (Å²) in [7, 11) is 1.26. The first kappa shape index (κ1) is 27.7. The number of rotatable bonds is 9. The largest absolute Gasteiger partial charge is 0.465 e. The van der Waals surface area contributed by atoms with Crippen LogP contribution in [0.25, 0.3) is 0 Å². The number of piperazine rings is 1. The van der Waals surface area contributed by atoms with Crippen molar-refractivity contribution in [2.45, 2.75) is 6.04 Å². The number of ether oxygens (including phenoxy) is 1. The van der Waals surface area contributed by atoms with Crippen LogP contribution < -0.4 is 5.32 Å². The molecular formula is C29H30ClN3O4S. The number of amides is 2. The van der Waals surface area contributed by atoms with E-state index in [4.69, 9.17) is 16.3 Å². The molecule has 1 aliphatic rings. The maximum Gasteiger partial charge on any atom is 0.340 e. The van der Waals surface area contributed by atoms with Gasteiger partial charge < -0.3 is 15.0 Å². The van der Waals surface area contributed by atoms with Gasteiger partial charge in [-0.2, -0.15) is 0 Å². The Labute approximate surface area is 232 Å². The lowest BCUT2D eigenvalue weighted by molar-refractivity contribution is -0.130. The highest BCUT2D eigenvalue weighted by Gasteiger charge is 2.28. The summed E-state index contributed by atoms with van der Waals surface area (Å²) in [5.74, 6) is -0.599. The third-order valence-corrected chi connectivity index (χ3v) is 7.53. The lowest BCUT2D eigenvalue weighted by atomic mass is 9.96. The van der Waals surface area contributed by atoms with Crippen molar-refractivity contribution >= 4 is 46.8 Å². The summed E-state index contributed by atoms with van der Waals surface area (Å²) in [5.41, 5.74) is 2.96. The molecule has 1 heterocycles. The van der Waals surface area contributed by atoms with E-state index >= 15 is 0 Å². The third-order valence-electron chi connectivity index (χ3n) is 6.38. The molecular weight excluding hydrogens is 522 g/mol. The van der Waals surface area contributed by atoms with Gasteiger partial charge in [0, 0.05) is 31.2 Å². The molecule has 7 nitrogen and oxygen atoms in total. The van der Waals surface area contributed by atoms with Crippen LogP contribution in [0.5, 0.6) is 0 Å². The number of nitrogens with one attached hydrogen (secondary N) is 1. The van der Waals surface area contributed by atoms with Crippen molar-refractivity contribution < 1.29 is 19.1 Å². The molecule has 4 rings (SSSR count). The molecule has 3 aromatic rings. The van der Waals surface area contributed by atoms with Gasteiger partial charge in [0.1, 0.15) is 0 Å². The molecule has 1 aliphatic heterocycles. The van der Waals surface area contributed by atoms with Gasteiger partial charge in [0.15, 0.2) is 0 Å². The summed E-state index contributed by atoms with van der Waals surface area (Å²) in [6.45, 7) is 2.79. The monoisotopic (exact) mass is 551 g/mol. The van der Waals surface area contributed by atoms with Gasteiger partial charge in [-0.05, 0) is 29.3 Å². The number of methoxy groups -OCH3 is 1. The molecule has 0 aliphatic carbocycles. The van der Waals surface area contributed by atoms with Crippen LogP contribution in [0, 0.1) is 0 Å². The average molecular weight is 552 g/mol. The van der Waals surface area contributed by atoms with Gasteiger partial charge in [-0.3, -0.25) is 14.5 Å². The van der Waals surface area contributed by atoms with E-state index in [2.05, 4.69) is 58.7 Å². The molecule has 0 saturated carbocycles. The van der Waals surface area contributed by atoms with Crippen molar-refractivity contribution in [1.82, 2.24) is 9.80 Å². The maximum atomic E-state index is 12.9. The van der Waals surface area contributed by atoms with Crippen LogP contribution in [0.15, 0.2) is 78.9 Å². The zero-order chi connectivity index (χ0) is 26.9. The highest BCUT2D eigenvalue weighted by Crippen LogP contribution is 2.29. The first-order valence-electron chi connectivity index (χ1n) is 12.3. The Kier molecular flexibility index (Phi) is 9.81. The summed E-state index contributed by atoms with van der Waals surface area (Å²) in [6.07, 6.45) is 0. The van der Waals surface area contributed by atoms with E-state index in [1.165, 1.54) is 36.1 Å². The highest BCUT2D eigenvalue weighted by molar-refractivity contribution is 8.00. The van der Waals surface area contributed by atoms with Gasteiger partial charge in [-0.15, -0.1) is 11.8 Å². The van der Waals surface area contributed by atoms with Crippen LogP contribution in [0.3, 0.4) is 0 Å². The molecule has 0 unspecified atom stereocenters. The maximum absolute atomic E-state index is 12.9. The number of anilines is 1. The highest BCUT2D eigenvalue weighted by atomic mass is 35.5. The molecule has 1 saturated heterocycles. The lowest BCUT2D eigenvalue weighted by Gasteiger charge is -2.39. The number of hydrogen-bond donors (Lipinski definition) is 1. The Morgan fingerprint density at radius 2 is 1.50 bits per heavy atom. The topological polar surface area (TPSA) is 78.9 Å². The first-order valence-corrected chi connectivity index (χ1v) is 13.9. The Bertz CT molecular complexity index is 1210. The minimum Gasteiger partial charge on any atom is -0.465 e. The van der Waals surface area contributed by atoms with Gasteiger partial charge in [0.25, 0.3) is 0 Å². The van der Waals surface area contributed by atoms with E-state index in [1.54, 1.807) is 12.1 Å². The molecule has 0 aromatic heterocycles. The molecule has 0 bridgehead atoms. The Morgan fingerprint density at radius 1 is 0.895 bits per heavy atom. The molecule has 1 fully saturated rings. The molecule has 0 spiro atoms. The second kappa shape index (κ2) is 13.5. The van der Waals surface area contributed by atoms with E-state index in [1.807, 2.05) is 17.0 Å². The minimum absolute atomic E-state index is 0.0140. The number of carbonyl (C=O) groups is 3. The van der Waals surface area contributed by atoms with Gasteiger partial charge in [-0.1, -0.05) is 72.3 Å². The summed E-state index contributed by atoms with van der Waals surface area (Å²) in [4.78, 5) is 41.6. The Balaban J connectivity index is 1.28. The predicted octanol–water partition coefficient (Wildman–Crippen LogP) is 4.73. The van der Waals surface area contributed by atoms with Crippen LogP contribution in [0.1, 0.15) is 27.5 Å². The minimum atomic E-state index is -0.591. The molecule has 2 amide bonds. The van der Waals surface area contributed by atoms with Crippen molar-refractivity contribution in [2.24, 2.45) is 0 Å². The van der Waals surface area contributed by atoms with Gasteiger partial charge in [0.2, 0.25) is 11.8 Å². The van der Waals surface area contributed by atoms with E-state index < -0.39 is 5.97 Å². The number of thioether (sulfide) groups is 1. The van der Waals surface area contributed by atoms with Crippen LogP contribution in [-0.4, -0.2) is 72.4 Å². The van der Waals surface area contributed by atoms with Crippen molar-refractivity contribution in [3.8, 4) is 0 Å². The van der Waals surface area contributed by atoms with Gasteiger partial charge >= 0.3 is 5.97 Å². The average Bonchev–Trinajstić information content (AvgIpc) is 2.95. The smallest absolute Gasteiger partial charge is 0.340 e. The second-order valence-corrected chi connectivity index (χ2v) is 10.3. The standard InChI is InChI=1S/C29H30ClN3O4S/c1-37-29(36)24-18-23(30)12-13-25(24)31-26(34)19-38-20-27(35)32-14-16-33(17-15-32)28(21-8-4-2-5-9-21)22-10-6-3-7-11-22/h2-13,18,28H,14-17,19-20H2,1H3,(H,31,34). The SMILES string of the molecule is COC(=O)c1cc(Cl)ccc1NC(=O)CSCC(=O)N1CCN(C(c2ccccc2)c2ccccc2)CC1. The normalized spacial score (nSPS) is 13.8. The van der Waals surface area contributed by atoms with Gasteiger partial charge in [0.05, 0.1) is 35.9 Å². The van der Waals surface area contributed by atoms with E-state index in [-0.39, 0.29) is 34.9 Å². The summed E-state index contributed by atoms with van der Waals surface area (Å²) >= 11 is 7.21. The van der Waals surface area contributed by atoms with Crippen LogP contribution >= 0.6 is 23.4 Å². The first-order chi connectivity index (χ1) is 18.5. The Morgan fingerprint density at radius 3 is 2.08 bits per heavy atom. The van der Waals surface area contributed by atoms with Crippen LogP contribution in [0.2, 0.25) is 5.02 Å². The number of nitrogens with zero attached hydrogens (tertiary/aromatic N) is 2. The lowest BCUT2D eigenvalue weighted by Crippen LogP contribution is -2.50. The van der Waals surface area contributed by atoms with Crippen LogP contribution in [0.4, 0.5) is 5.69 Å². The number of hydrogen-bond acceptors (Lipinski definition) is 6. The van der Waals surface area contributed by atoms with E-state index in [9.17, 15) is 14.4 Å². The molecule has 1 N–H and O–H groups in total. The summed E-state index contributed by atoms with van der Waals surface area (Å²) in [5, 5.41) is 3.07. The van der Waals surface area contributed by atoms with Crippen molar-refractivity contribution in [2.75, 3.05) is 50.1 Å². The zero-order valence-corrected chi connectivity index (χ0v) is 22.7. The van der Waals surface area contributed by atoms with Crippen molar-refractivity contribution in [3.63, 3.8) is 0 Å². The summed E-state index contributed by atoms with van der Waals surface area (Å²) < 4.78 is 4.76. The molecule has 0 radical (unpaired) electrons. The fraction of sp³-hybridized carbons (Fsp3) is 0.276. The number of esters is 1. The third kappa shape index (κ3) is 7.16. The Hall–Kier alpha value is -3.33. The number of halogens is 1. The fourth-order valence-corrected chi connectivity index (χ4v) is 5.42. The predicted molar refractivity (Wildman–Crippen MR) is 152 cm³/mol. The zero-order valence-electron chi connectivity index (χ0n) is 21.1. The number of carbonyl (C=O) groups excluding carboxylic acids is 3. The van der Waals surface area contributed by atoms with Crippen molar-refractivity contribution in [3.05, 3.63) is 101 Å². The van der Waals surface area contributed by atoms with Crippen molar-refractivity contribution in [1.29, 1.82) is 0 Å². The van der Waals surface area contributed by atoms with Gasteiger partial charge in [-0.25, -0.2) is 4.79 Å². The fourth-order valence-electron chi connectivity index (χ4n) is 4.53. The van der Waals surface area contributed by atoms with E-state index in [0.29, 0.717) is 23.8 Å². The molecule has 3 aromatic carbocycles. The molecule has 198 valence electrons. The van der Waals surface area contributed by atoms with E-state index in [0.717, 1.165) is 13.1 Å². The molecule has 38 heavy (non-hydrogen) atoms. The molecule has 0 atom stereocenters. The quantitative estimate of drug-likeness (QED) is 0.387. The number of benzene rings is 3. The molecule has 9 heteroatoms. The second-order valence-electron chi connectivity index (χ2n) is 8.86. The summed E-state index contributed by atoms with van der Waals surface area (Å²) in [6, 6.07) is 25.6.